The van der Waals surface area contributed by atoms with Crippen LogP contribution < -0.4 is 0 Å². The van der Waals surface area contributed by atoms with Crippen molar-refractivity contribution in [3.8, 4) is 0 Å². The molecule has 0 aliphatic carbocycles. The number of ether oxygens (including phenoxy) is 2. The first-order valence-corrected chi connectivity index (χ1v) is 9.60. The van der Waals surface area contributed by atoms with Crippen LogP contribution in [0.25, 0.3) is 0 Å². The molecule has 1 aromatic rings. The summed E-state index contributed by atoms with van der Waals surface area (Å²) < 4.78 is 36.9. The minimum absolute atomic E-state index is 0.00776. The quantitative estimate of drug-likeness (QED) is 0.824. The average molecular weight is 338 g/mol. The van der Waals surface area contributed by atoms with Gasteiger partial charge in [0.25, 0.3) is 0 Å². The molecule has 1 aromatic carbocycles. The topological polar surface area (TPSA) is 69.7 Å². The molecule has 6 heteroatoms. The molecule has 2 aliphatic rings. The zero-order chi connectivity index (χ0) is 16.6. The van der Waals surface area contributed by atoms with Gasteiger partial charge in [-0.2, -0.15) is 0 Å². The summed E-state index contributed by atoms with van der Waals surface area (Å²) in [6.07, 6.45) is 0.129. The van der Waals surface area contributed by atoms with Crippen molar-refractivity contribution in [1.82, 2.24) is 0 Å². The lowest BCUT2D eigenvalue weighted by molar-refractivity contribution is -0.131. The van der Waals surface area contributed by atoms with Crippen molar-refractivity contribution in [2.45, 2.75) is 68.2 Å². The first kappa shape index (κ1) is 16.6. The van der Waals surface area contributed by atoms with E-state index in [9.17, 15) is 13.2 Å². The maximum absolute atomic E-state index is 12.8. The molecule has 126 valence electrons. The fourth-order valence-electron chi connectivity index (χ4n) is 3.26. The number of carbonyl (C=O) groups excluding carboxylic acids is 1. The summed E-state index contributed by atoms with van der Waals surface area (Å²) in [5.74, 6) is 0.00776. The van der Waals surface area contributed by atoms with E-state index >= 15 is 0 Å². The van der Waals surface area contributed by atoms with Gasteiger partial charge in [-0.1, -0.05) is 24.6 Å². The monoisotopic (exact) mass is 338 g/mol. The normalized spacial score (nSPS) is 30.3. The van der Waals surface area contributed by atoms with Gasteiger partial charge in [0.2, 0.25) is 0 Å². The van der Waals surface area contributed by atoms with E-state index in [0.717, 1.165) is 12.0 Å². The molecule has 0 amide bonds. The summed E-state index contributed by atoms with van der Waals surface area (Å²) in [4.78, 5) is 12.4. The fraction of sp³-hybridized carbons (Fsp3) is 0.588. The molecule has 5 nitrogen and oxygen atoms in total. The van der Waals surface area contributed by atoms with E-state index in [1.54, 1.807) is 24.3 Å². The minimum atomic E-state index is -3.44. The summed E-state index contributed by atoms with van der Waals surface area (Å²) >= 11 is 0. The fourth-order valence-corrected chi connectivity index (χ4v) is 5.01. The molecule has 2 fully saturated rings. The Bertz CT molecular complexity index is 679. The Morgan fingerprint density at radius 2 is 1.87 bits per heavy atom. The predicted molar refractivity (Wildman–Crippen MR) is 84.8 cm³/mol. The summed E-state index contributed by atoms with van der Waals surface area (Å²) in [6.45, 7) is 3.85. The Balaban J connectivity index is 1.78. The molecule has 23 heavy (non-hydrogen) atoms. The van der Waals surface area contributed by atoms with Crippen LogP contribution in [0.15, 0.2) is 29.2 Å². The second-order valence-corrected chi connectivity index (χ2v) is 8.56. The highest BCUT2D eigenvalue weighted by atomic mass is 32.2. The van der Waals surface area contributed by atoms with Crippen molar-refractivity contribution in [2.75, 3.05) is 0 Å². The maximum atomic E-state index is 12.8. The first-order chi connectivity index (χ1) is 10.9. The van der Waals surface area contributed by atoms with Gasteiger partial charge in [-0.15, -0.1) is 0 Å². The van der Waals surface area contributed by atoms with Crippen LogP contribution in [0.2, 0.25) is 0 Å². The van der Waals surface area contributed by atoms with Gasteiger partial charge in [0.05, 0.1) is 16.2 Å². The second-order valence-electron chi connectivity index (χ2n) is 6.33. The van der Waals surface area contributed by atoms with Gasteiger partial charge in [-0.3, -0.25) is 4.79 Å². The Kier molecular flexibility index (Phi) is 4.58. The molecule has 0 radical (unpaired) electrons. The Morgan fingerprint density at radius 1 is 1.17 bits per heavy atom. The van der Waals surface area contributed by atoms with Crippen molar-refractivity contribution >= 4 is 15.6 Å². The summed E-state index contributed by atoms with van der Waals surface area (Å²) in [5, 5.41) is -0.562. The van der Waals surface area contributed by atoms with Crippen LogP contribution in [0.1, 0.15) is 38.2 Å². The average Bonchev–Trinajstić information content (AvgIpc) is 2.82. The van der Waals surface area contributed by atoms with Crippen molar-refractivity contribution < 1.29 is 22.7 Å². The van der Waals surface area contributed by atoms with Gasteiger partial charge in [0, 0.05) is 12.8 Å². The lowest BCUT2D eigenvalue weighted by Crippen LogP contribution is -2.38. The zero-order valence-corrected chi connectivity index (χ0v) is 14.2. The molecule has 2 saturated heterocycles. The number of ketones is 1. The number of rotatable bonds is 5. The van der Waals surface area contributed by atoms with Crippen LogP contribution >= 0.6 is 0 Å². The highest BCUT2D eigenvalue weighted by Gasteiger charge is 2.49. The highest BCUT2D eigenvalue weighted by molar-refractivity contribution is 7.92. The van der Waals surface area contributed by atoms with Crippen molar-refractivity contribution in [2.24, 2.45) is 0 Å². The third-order valence-electron chi connectivity index (χ3n) is 4.52. The van der Waals surface area contributed by atoms with Crippen LogP contribution in [0.4, 0.5) is 0 Å². The van der Waals surface area contributed by atoms with E-state index in [-0.39, 0.29) is 12.2 Å². The third kappa shape index (κ3) is 3.20. The van der Waals surface area contributed by atoms with E-state index in [1.807, 2.05) is 13.8 Å². The largest absolute Gasteiger partial charge is 0.346 e. The molecule has 0 N–H and O–H groups in total. The summed E-state index contributed by atoms with van der Waals surface area (Å²) in [5.41, 5.74) is 1.02. The molecule has 3 rings (SSSR count). The molecular weight excluding hydrogens is 316 g/mol. The van der Waals surface area contributed by atoms with Gasteiger partial charge < -0.3 is 9.47 Å². The molecule has 4 atom stereocenters. The lowest BCUT2D eigenvalue weighted by Gasteiger charge is -2.26. The van der Waals surface area contributed by atoms with Crippen molar-refractivity contribution in [3.05, 3.63) is 29.8 Å². The SMILES string of the molecule is CCCC(=O)[C@@H]1O[C@H]2C[C@H](S(=O)(=O)c3ccc(C)cc3)C[C@@H]1O2. The summed E-state index contributed by atoms with van der Waals surface area (Å²) in [7, 11) is -3.44. The number of Topliss-reactive ketones (excluding diaryl/α,β-unsaturated/α-hetero) is 1. The van der Waals surface area contributed by atoms with E-state index < -0.39 is 33.6 Å². The van der Waals surface area contributed by atoms with E-state index in [4.69, 9.17) is 9.47 Å². The Labute approximate surface area is 136 Å². The third-order valence-corrected chi connectivity index (χ3v) is 6.71. The Morgan fingerprint density at radius 3 is 2.52 bits per heavy atom. The van der Waals surface area contributed by atoms with Crippen molar-refractivity contribution in [1.29, 1.82) is 0 Å². The number of aryl methyl sites for hydroxylation is 1. The predicted octanol–water partition coefficient (Wildman–Crippen LogP) is 2.41. The first-order valence-electron chi connectivity index (χ1n) is 8.06. The van der Waals surface area contributed by atoms with Crippen molar-refractivity contribution in [3.63, 3.8) is 0 Å². The van der Waals surface area contributed by atoms with Gasteiger partial charge >= 0.3 is 0 Å². The molecule has 2 aliphatic heterocycles. The van der Waals surface area contributed by atoms with Crippen LogP contribution in [0.3, 0.4) is 0 Å². The molecule has 0 unspecified atom stereocenters. The highest BCUT2D eigenvalue weighted by Crippen LogP contribution is 2.37. The number of hydrogen-bond acceptors (Lipinski definition) is 5. The number of fused-ring (bicyclic) bond motifs is 2. The van der Waals surface area contributed by atoms with Crippen LogP contribution in [0.5, 0.6) is 0 Å². The van der Waals surface area contributed by atoms with Gasteiger partial charge in [-0.25, -0.2) is 8.42 Å². The number of sulfone groups is 1. The Hall–Kier alpha value is -1.24. The van der Waals surface area contributed by atoms with Crippen LogP contribution in [-0.2, 0) is 24.1 Å². The zero-order valence-electron chi connectivity index (χ0n) is 13.4. The van der Waals surface area contributed by atoms with E-state index in [1.165, 1.54) is 0 Å². The van der Waals surface area contributed by atoms with Crippen LogP contribution in [-0.4, -0.2) is 37.9 Å². The second kappa shape index (κ2) is 6.34. The van der Waals surface area contributed by atoms with E-state index in [0.29, 0.717) is 17.7 Å². The van der Waals surface area contributed by atoms with E-state index in [2.05, 4.69) is 0 Å². The molecule has 0 spiro atoms. The smallest absolute Gasteiger partial charge is 0.181 e. The number of benzene rings is 1. The lowest BCUT2D eigenvalue weighted by atomic mass is 10.0. The summed E-state index contributed by atoms with van der Waals surface area (Å²) in [6, 6.07) is 6.88. The molecule has 0 aromatic heterocycles. The van der Waals surface area contributed by atoms with Gasteiger partial charge in [-0.05, 0) is 31.9 Å². The molecule has 2 heterocycles. The van der Waals surface area contributed by atoms with Gasteiger partial charge in [0.1, 0.15) is 6.10 Å². The molecule has 0 saturated carbocycles. The molecule has 2 bridgehead atoms. The number of carbonyl (C=O) groups is 1. The minimum Gasteiger partial charge on any atom is -0.346 e. The number of hydrogen-bond donors (Lipinski definition) is 0. The maximum Gasteiger partial charge on any atom is 0.181 e. The van der Waals surface area contributed by atoms with Crippen LogP contribution in [0, 0.1) is 6.92 Å². The molecular formula is C17H22O5S. The van der Waals surface area contributed by atoms with Gasteiger partial charge in [0.15, 0.2) is 21.9 Å². The standard InChI is InChI=1S/C17H22O5S/c1-3-4-14(18)17-15-9-13(10-16(21-15)22-17)23(19,20)12-7-5-11(2)6-8-12/h5-8,13,15-17H,3-4,9-10H2,1-2H3/t13-,15+,16+,17+/m1/s1.